The van der Waals surface area contributed by atoms with E-state index in [9.17, 15) is 0 Å². The first-order valence-corrected chi connectivity index (χ1v) is 8.05. The number of anilines is 2. The average Bonchev–Trinajstić information content (AvgIpc) is 2.98. The molecule has 0 unspecified atom stereocenters. The van der Waals surface area contributed by atoms with E-state index in [2.05, 4.69) is 40.0 Å². The summed E-state index contributed by atoms with van der Waals surface area (Å²) in [6.45, 7) is 2.07. The van der Waals surface area contributed by atoms with Crippen LogP contribution < -0.4 is 10.1 Å². The highest BCUT2D eigenvalue weighted by Crippen LogP contribution is 2.24. The van der Waals surface area contributed by atoms with Gasteiger partial charge in [-0.3, -0.25) is 9.55 Å². The summed E-state index contributed by atoms with van der Waals surface area (Å²) in [6.07, 6.45) is 3.49. The van der Waals surface area contributed by atoms with Crippen LogP contribution in [0.15, 0.2) is 67.0 Å². The number of ether oxygens (including phenoxy) is 1. The molecule has 0 atom stereocenters. The minimum atomic E-state index is 0.694. The van der Waals surface area contributed by atoms with Gasteiger partial charge in [0.2, 0.25) is 0 Å². The van der Waals surface area contributed by atoms with Gasteiger partial charge in [-0.1, -0.05) is 18.2 Å². The number of fused-ring (bicyclic) bond motifs is 1. The van der Waals surface area contributed by atoms with Crippen LogP contribution >= 0.6 is 0 Å². The summed E-state index contributed by atoms with van der Waals surface area (Å²) in [6, 6.07) is 18.1. The molecule has 0 aliphatic rings. The first-order chi connectivity index (χ1) is 12.2. The van der Waals surface area contributed by atoms with Crippen LogP contribution in [0.4, 0.5) is 11.5 Å². The second kappa shape index (κ2) is 6.28. The van der Waals surface area contributed by atoms with Gasteiger partial charge in [-0.05, 0) is 43.3 Å². The van der Waals surface area contributed by atoms with Gasteiger partial charge < -0.3 is 10.1 Å². The maximum absolute atomic E-state index is 5.18. The van der Waals surface area contributed by atoms with Crippen LogP contribution in [-0.2, 0) is 0 Å². The number of nitrogens with zero attached hydrogens (tertiary/aromatic N) is 3. The van der Waals surface area contributed by atoms with Crippen molar-refractivity contribution in [3.8, 4) is 11.6 Å². The van der Waals surface area contributed by atoms with Crippen LogP contribution in [0.5, 0.6) is 5.75 Å². The van der Waals surface area contributed by atoms with Gasteiger partial charge in [0.25, 0.3) is 0 Å². The van der Waals surface area contributed by atoms with Crippen LogP contribution in [-0.4, -0.2) is 21.6 Å². The molecule has 0 saturated heterocycles. The molecular formula is C20H18N4O. The summed E-state index contributed by atoms with van der Waals surface area (Å²) >= 11 is 0. The van der Waals surface area contributed by atoms with E-state index >= 15 is 0 Å². The molecule has 0 fully saturated rings. The largest absolute Gasteiger partial charge is 0.497 e. The Hall–Kier alpha value is -3.34. The molecule has 5 heteroatoms. The number of methoxy groups -OCH3 is 1. The van der Waals surface area contributed by atoms with E-state index < -0.39 is 0 Å². The molecule has 2 heterocycles. The molecule has 0 bridgehead atoms. The molecule has 0 aliphatic carbocycles. The molecule has 4 aromatic rings. The first-order valence-electron chi connectivity index (χ1n) is 8.05. The molecule has 5 nitrogen and oxygen atoms in total. The zero-order chi connectivity index (χ0) is 17.2. The van der Waals surface area contributed by atoms with Crippen LogP contribution in [0.1, 0.15) is 5.69 Å². The third kappa shape index (κ3) is 2.92. The quantitative estimate of drug-likeness (QED) is 0.599. The third-order valence-electron chi connectivity index (χ3n) is 4.11. The number of nitrogens with one attached hydrogen (secondary N) is 1. The standard InChI is InChI=1S/C20H18N4O/c1-14-11-15-5-3-4-6-18(15)24(14)20-13-21-12-19(23-20)22-16-7-9-17(25-2)10-8-16/h3-13H,1-2H3,(H,22,23). The summed E-state index contributed by atoms with van der Waals surface area (Å²) in [7, 11) is 1.65. The Balaban J connectivity index is 1.70. The van der Waals surface area contributed by atoms with Gasteiger partial charge in [-0.15, -0.1) is 0 Å². The zero-order valence-corrected chi connectivity index (χ0v) is 14.1. The lowest BCUT2D eigenvalue weighted by atomic mass is 10.2. The van der Waals surface area contributed by atoms with Crippen LogP contribution in [0, 0.1) is 6.92 Å². The maximum atomic E-state index is 5.18. The molecule has 0 spiro atoms. The summed E-state index contributed by atoms with van der Waals surface area (Å²) < 4.78 is 7.30. The van der Waals surface area contributed by atoms with Crippen molar-refractivity contribution in [2.75, 3.05) is 12.4 Å². The molecule has 0 saturated carbocycles. The number of rotatable bonds is 4. The van der Waals surface area contributed by atoms with Crippen molar-refractivity contribution in [3.63, 3.8) is 0 Å². The highest BCUT2D eigenvalue weighted by Gasteiger charge is 2.09. The van der Waals surface area contributed by atoms with Crippen LogP contribution in [0.25, 0.3) is 16.7 Å². The topological polar surface area (TPSA) is 52.0 Å². The second-order valence-corrected chi connectivity index (χ2v) is 5.80. The lowest BCUT2D eigenvalue weighted by molar-refractivity contribution is 0.415. The predicted molar refractivity (Wildman–Crippen MR) is 99.9 cm³/mol. The van der Waals surface area contributed by atoms with Crippen molar-refractivity contribution >= 4 is 22.4 Å². The van der Waals surface area contributed by atoms with Crippen molar-refractivity contribution in [1.82, 2.24) is 14.5 Å². The first kappa shape index (κ1) is 15.2. The van der Waals surface area contributed by atoms with E-state index in [1.807, 2.05) is 36.4 Å². The maximum Gasteiger partial charge on any atom is 0.158 e. The fraction of sp³-hybridized carbons (Fsp3) is 0.100. The summed E-state index contributed by atoms with van der Waals surface area (Å²) in [5.41, 5.74) is 3.18. The molecule has 1 N–H and O–H groups in total. The lowest BCUT2D eigenvalue weighted by Gasteiger charge is -2.10. The highest BCUT2D eigenvalue weighted by atomic mass is 16.5. The van der Waals surface area contributed by atoms with Crippen molar-refractivity contribution in [2.45, 2.75) is 6.92 Å². The summed E-state index contributed by atoms with van der Waals surface area (Å²) in [5.74, 6) is 2.30. The molecule has 2 aromatic carbocycles. The molecule has 2 aromatic heterocycles. The number of hydrogen-bond acceptors (Lipinski definition) is 4. The van der Waals surface area contributed by atoms with E-state index in [-0.39, 0.29) is 0 Å². The Labute approximate surface area is 145 Å². The number of aryl methyl sites for hydroxylation is 1. The van der Waals surface area contributed by atoms with Gasteiger partial charge in [0.15, 0.2) is 11.6 Å². The number of hydrogen-bond donors (Lipinski definition) is 1. The highest BCUT2D eigenvalue weighted by molar-refractivity contribution is 5.82. The molecule has 25 heavy (non-hydrogen) atoms. The molecule has 0 amide bonds. The Kier molecular flexibility index (Phi) is 3.82. The van der Waals surface area contributed by atoms with E-state index in [0.717, 1.165) is 28.5 Å². The summed E-state index contributed by atoms with van der Waals surface area (Å²) in [5, 5.41) is 4.47. The van der Waals surface area contributed by atoms with Crippen molar-refractivity contribution < 1.29 is 4.74 Å². The van der Waals surface area contributed by atoms with Gasteiger partial charge in [0.05, 0.1) is 25.0 Å². The number of benzene rings is 2. The van der Waals surface area contributed by atoms with E-state index in [1.54, 1.807) is 19.5 Å². The predicted octanol–water partition coefficient (Wildman–Crippen LogP) is 4.48. The van der Waals surface area contributed by atoms with Gasteiger partial charge >= 0.3 is 0 Å². The molecular weight excluding hydrogens is 312 g/mol. The summed E-state index contributed by atoms with van der Waals surface area (Å²) in [4.78, 5) is 9.07. The van der Waals surface area contributed by atoms with Crippen LogP contribution in [0.3, 0.4) is 0 Å². The van der Waals surface area contributed by atoms with Crippen molar-refractivity contribution in [3.05, 3.63) is 72.7 Å². The second-order valence-electron chi connectivity index (χ2n) is 5.80. The molecule has 0 aliphatic heterocycles. The Bertz CT molecular complexity index is 1020. The normalized spacial score (nSPS) is 10.8. The minimum absolute atomic E-state index is 0.694. The Morgan fingerprint density at radius 3 is 2.60 bits per heavy atom. The van der Waals surface area contributed by atoms with E-state index in [0.29, 0.717) is 5.82 Å². The molecule has 124 valence electrons. The van der Waals surface area contributed by atoms with Crippen molar-refractivity contribution in [2.24, 2.45) is 0 Å². The zero-order valence-electron chi connectivity index (χ0n) is 14.1. The monoisotopic (exact) mass is 330 g/mol. The van der Waals surface area contributed by atoms with E-state index in [4.69, 9.17) is 9.72 Å². The van der Waals surface area contributed by atoms with Gasteiger partial charge in [0.1, 0.15) is 5.75 Å². The van der Waals surface area contributed by atoms with Gasteiger partial charge in [-0.25, -0.2) is 4.98 Å². The smallest absolute Gasteiger partial charge is 0.158 e. The van der Waals surface area contributed by atoms with E-state index in [1.165, 1.54) is 5.39 Å². The minimum Gasteiger partial charge on any atom is -0.497 e. The number of aromatic nitrogens is 3. The lowest BCUT2D eigenvalue weighted by Crippen LogP contribution is -2.03. The van der Waals surface area contributed by atoms with Crippen LogP contribution in [0.2, 0.25) is 0 Å². The van der Waals surface area contributed by atoms with Crippen molar-refractivity contribution in [1.29, 1.82) is 0 Å². The van der Waals surface area contributed by atoms with Gasteiger partial charge in [-0.2, -0.15) is 0 Å². The van der Waals surface area contributed by atoms with Gasteiger partial charge in [0, 0.05) is 16.8 Å². The molecule has 0 radical (unpaired) electrons. The fourth-order valence-corrected chi connectivity index (χ4v) is 2.94. The fourth-order valence-electron chi connectivity index (χ4n) is 2.94. The number of para-hydroxylation sites is 1. The Morgan fingerprint density at radius 2 is 1.80 bits per heavy atom. The average molecular weight is 330 g/mol. The Morgan fingerprint density at radius 1 is 1.00 bits per heavy atom. The third-order valence-corrected chi connectivity index (χ3v) is 4.11. The SMILES string of the molecule is COc1ccc(Nc2cncc(-n3c(C)cc4ccccc43)n2)cc1. The molecule has 4 rings (SSSR count).